The number of nitrogen functional groups attached to an aromatic ring is 1. The number of nitrogens with one attached hydrogen (secondary N) is 1. The van der Waals surface area contributed by atoms with Gasteiger partial charge in [-0.05, 0) is 24.3 Å². The zero-order valence-electron chi connectivity index (χ0n) is 6.79. The second-order valence-corrected chi connectivity index (χ2v) is 4.19. The predicted octanol–water partition coefficient (Wildman–Crippen LogP) is 0.997. The van der Waals surface area contributed by atoms with Crippen LogP contribution in [0.5, 0.6) is 0 Å². The largest absolute Gasteiger partial charge is 0.367 e. The molecule has 2 heterocycles. The average molecular weight is 184 g/mol. The summed E-state index contributed by atoms with van der Waals surface area (Å²) < 4.78 is 0. The van der Waals surface area contributed by atoms with Crippen molar-refractivity contribution in [3.05, 3.63) is 5.82 Å². The fourth-order valence-electron chi connectivity index (χ4n) is 1.44. The Morgan fingerprint density at radius 1 is 1.42 bits per heavy atom. The highest BCUT2D eigenvalue weighted by Crippen LogP contribution is 2.29. The maximum Gasteiger partial charge on any atom is 0.239 e. The van der Waals surface area contributed by atoms with Crippen LogP contribution in [0.15, 0.2) is 0 Å². The summed E-state index contributed by atoms with van der Waals surface area (Å²) in [6.45, 7) is 0. The van der Waals surface area contributed by atoms with Crippen LogP contribution in [0.1, 0.15) is 24.6 Å². The Balaban J connectivity index is 2.08. The quantitative estimate of drug-likeness (QED) is 0.683. The summed E-state index contributed by atoms with van der Waals surface area (Å²) in [6.07, 6.45) is 2.39. The normalized spacial score (nSPS) is 19.7. The summed E-state index contributed by atoms with van der Waals surface area (Å²) in [4.78, 5) is 4.14. The fourth-order valence-corrected chi connectivity index (χ4v) is 2.55. The molecule has 1 saturated heterocycles. The van der Waals surface area contributed by atoms with Crippen molar-refractivity contribution >= 4 is 17.7 Å². The molecule has 12 heavy (non-hydrogen) atoms. The van der Waals surface area contributed by atoms with Gasteiger partial charge in [-0.1, -0.05) is 0 Å². The zero-order chi connectivity index (χ0) is 8.39. The SMILES string of the molecule is Nc1n[nH]c(C2CCSCC2)n1. The van der Waals surface area contributed by atoms with E-state index in [0.717, 1.165) is 5.82 Å². The molecule has 66 valence electrons. The maximum absolute atomic E-state index is 5.43. The molecule has 2 rings (SSSR count). The van der Waals surface area contributed by atoms with Gasteiger partial charge in [0.1, 0.15) is 5.82 Å². The van der Waals surface area contributed by atoms with E-state index in [4.69, 9.17) is 5.73 Å². The molecule has 1 aliphatic heterocycles. The van der Waals surface area contributed by atoms with Crippen LogP contribution in [0, 0.1) is 0 Å². The van der Waals surface area contributed by atoms with E-state index in [1.54, 1.807) is 0 Å². The van der Waals surface area contributed by atoms with E-state index in [1.807, 2.05) is 11.8 Å². The summed E-state index contributed by atoms with van der Waals surface area (Å²) in [5.41, 5.74) is 5.43. The third-order valence-electron chi connectivity index (χ3n) is 2.13. The summed E-state index contributed by atoms with van der Waals surface area (Å²) in [7, 11) is 0. The maximum atomic E-state index is 5.43. The summed E-state index contributed by atoms with van der Waals surface area (Å²) in [5.74, 6) is 4.34. The molecule has 1 aromatic rings. The standard InChI is InChI=1S/C7H12N4S/c8-7-9-6(10-11-7)5-1-3-12-4-2-5/h5H,1-4H2,(H3,8,9,10,11). The van der Waals surface area contributed by atoms with Gasteiger partial charge in [0.15, 0.2) is 0 Å². The molecule has 1 aliphatic rings. The van der Waals surface area contributed by atoms with Crippen molar-refractivity contribution in [3.63, 3.8) is 0 Å². The molecule has 3 N–H and O–H groups in total. The first kappa shape index (κ1) is 7.91. The van der Waals surface area contributed by atoms with Crippen molar-refractivity contribution in [1.29, 1.82) is 0 Å². The van der Waals surface area contributed by atoms with Gasteiger partial charge in [-0.15, -0.1) is 5.10 Å². The monoisotopic (exact) mass is 184 g/mol. The minimum Gasteiger partial charge on any atom is -0.367 e. The van der Waals surface area contributed by atoms with Crippen LogP contribution in [0.4, 0.5) is 5.95 Å². The average Bonchev–Trinajstić information content (AvgIpc) is 2.54. The molecule has 0 amide bonds. The van der Waals surface area contributed by atoms with Crippen molar-refractivity contribution in [1.82, 2.24) is 15.2 Å². The molecule has 0 unspecified atom stereocenters. The van der Waals surface area contributed by atoms with Crippen LogP contribution < -0.4 is 5.73 Å². The number of anilines is 1. The minimum absolute atomic E-state index is 0.364. The van der Waals surface area contributed by atoms with E-state index in [0.29, 0.717) is 11.9 Å². The Morgan fingerprint density at radius 2 is 2.17 bits per heavy atom. The highest BCUT2D eigenvalue weighted by molar-refractivity contribution is 7.99. The molecule has 4 nitrogen and oxygen atoms in total. The van der Waals surface area contributed by atoms with E-state index in [-0.39, 0.29) is 0 Å². The molecule has 0 aliphatic carbocycles. The van der Waals surface area contributed by atoms with Gasteiger partial charge < -0.3 is 5.73 Å². The zero-order valence-corrected chi connectivity index (χ0v) is 7.60. The van der Waals surface area contributed by atoms with Crippen molar-refractivity contribution in [2.24, 2.45) is 0 Å². The molecule has 5 heteroatoms. The fraction of sp³-hybridized carbons (Fsp3) is 0.714. The summed E-state index contributed by atoms with van der Waals surface area (Å²) in [6, 6.07) is 0. The highest BCUT2D eigenvalue weighted by atomic mass is 32.2. The number of aromatic amines is 1. The second-order valence-electron chi connectivity index (χ2n) is 2.97. The van der Waals surface area contributed by atoms with E-state index in [2.05, 4.69) is 15.2 Å². The molecule has 0 aromatic carbocycles. The minimum atomic E-state index is 0.364. The number of hydrogen-bond acceptors (Lipinski definition) is 4. The van der Waals surface area contributed by atoms with Gasteiger partial charge in [-0.3, -0.25) is 5.10 Å². The molecule has 0 bridgehead atoms. The number of aromatic nitrogens is 3. The smallest absolute Gasteiger partial charge is 0.239 e. The predicted molar refractivity (Wildman–Crippen MR) is 50.1 cm³/mol. The van der Waals surface area contributed by atoms with Crippen LogP contribution >= 0.6 is 11.8 Å². The topological polar surface area (TPSA) is 67.6 Å². The number of rotatable bonds is 1. The molecule has 0 spiro atoms. The van der Waals surface area contributed by atoms with Crippen LogP contribution in [0.25, 0.3) is 0 Å². The van der Waals surface area contributed by atoms with Crippen molar-refractivity contribution in [3.8, 4) is 0 Å². The van der Waals surface area contributed by atoms with E-state index in [9.17, 15) is 0 Å². The van der Waals surface area contributed by atoms with Gasteiger partial charge in [0.05, 0.1) is 0 Å². The summed E-state index contributed by atoms with van der Waals surface area (Å²) >= 11 is 2.01. The van der Waals surface area contributed by atoms with Crippen LogP contribution in [-0.4, -0.2) is 26.7 Å². The Labute approximate surface area is 75.3 Å². The Kier molecular flexibility index (Phi) is 2.21. The van der Waals surface area contributed by atoms with Crippen molar-refractivity contribution in [2.45, 2.75) is 18.8 Å². The van der Waals surface area contributed by atoms with Gasteiger partial charge in [-0.25, -0.2) is 0 Å². The van der Waals surface area contributed by atoms with E-state index in [1.165, 1.54) is 24.3 Å². The van der Waals surface area contributed by atoms with E-state index >= 15 is 0 Å². The molecular formula is C7H12N4S. The van der Waals surface area contributed by atoms with Gasteiger partial charge >= 0.3 is 0 Å². The summed E-state index contributed by atoms with van der Waals surface area (Å²) in [5, 5.41) is 6.71. The Bertz CT molecular complexity index is 254. The lowest BCUT2D eigenvalue weighted by molar-refractivity contribution is 0.601. The third kappa shape index (κ3) is 1.55. The van der Waals surface area contributed by atoms with Crippen LogP contribution in [-0.2, 0) is 0 Å². The number of hydrogen-bond donors (Lipinski definition) is 2. The number of nitrogens with two attached hydrogens (primary N) is 1. The number of nitrogens with zero attached hydrogens (tertiary/aromatic N) is 2. The van der Waals surface area contributed by atoms with Gasteiger partial charge in [0.25, 0.3) is 0 Å². The number of H-pyrrole nitrogens is 1. The molecule has 1 aromatic heterocycles. The van der Waals surface area contributed by atoms with Crippen LogP contribution in [0.3, 0.4) is 0 Å². The molecule has 0 saturated carbocycles. The first-order chi connectivity index (χ1) is 5.86. The lowest BCUT2D eigenvalue weighted by atomic mass is 10.0. The first-order valence-electron chi connectivity index (χ1n) is 4.12. The first-order valence-corrected chi connectivity index (χ1v) is 5.27. The molecule has 0 atom stereocenters. The molecule has 1 fully saturated rings. The Hall–Kier alpha value is -0.710. The Morgan fingerprint density at radius 3 is 2.75 bits per heavy atom. The lowest BCUT2D eigenvalue weighted by Crippen LogP contribution is -2.09. The van der Waals surface area contributed by atoms with Crippen LogP contribution in [0.2, 0.25) is 0 Å². The van der Waals surface area contributed by atoms with E-state index < -0.39 is 0 Å². The second kappa shape index (κ2) is 3.35. The van der Waals surface area contributed by atoms with Crippen molar-refractivity contribution < 1.29 is 0 Å². The van der Waals surface area contributed by atoms with Crippen molar-refractivity contribution in [2.75, 3.05) is 17.2 Å². The highest BCUT2D eigenvalue weighted by Gasteiger charge is 2.18. The molecular weight excluding hydrogens is 172 g/mol. The molecule has 0 radical (unpaired) electrons. The third-order valence-corrected chi connectivity index (χ3v) is 3.18. The van der Waals surface area contributed by atoms with Gasteiger partial charge in [0.2, 0.25) is 5.95 Å². The van der Waals surface area contributed by atoms with Gasteiger partial charge in [-0.2, -0.15) is 16.7 Å². The van der Waals surface area contributed by atoms with Gasteiger partial charge in [0, 0.05) is 5.92 Å². The number of thioether (sulfide) groups is 1. The lowest BCUT2D eigenvalue weighted by Gasteiger charge is -2.18.